The highest BCUT2D eigenvalue weighted by molar-refractivity contribution is 5.60. The number of nitrogens with one attached hydrogen (secondary N) is 1. The lowest BCUT2D eigenvalue weighted by Gasteiger charge is -2.10. The summed E-state index contributed by atoms with van der Waals surface area (Å²) in [5.41, 5.74) is 4.15. The molecular formula is C26H31F2N7. The average molecular weight is 480 g/mol. The first-order valence-corrected chi connectivity index (χ1v) is 12.2. The third kappa shape index (κ3) is 6.15. The van der Waals surface area contributed by atoms with Crippen LogP contribution in [0.2, 0.25) is 0 Å². The number of hydrogen-bond donors (Lipinski definition) is 1. The molecule has 0 aliphatic heterocycles. The molecule has 0 fully saturated rings. The molecule has 0 saturated heterocycles. The minimum absolute atomic E-state index is 0.245. The third-order valence-electron chi connectivity index (χ3n) is 6.00. The van der Waals surface area contributed by atoms with E-state index in [4.69, 9.17) is 0 Å². The van der Waals surface area contributed by atoms with E-state index < -0.39 is 5.92 Å². The number of aromatic nitrogens is 7. The maximum atomic E-state index is 14.5. The summed E-state index contributed by atoms with van der Waals surface area (Å²) in [7, 11) is 0. The van der Waals surface area contributed by atoms with Gasteiger partial charge in [0.15, 0.2) is 0 Å². The van der Waals surface area contributed by atoms with Crippen LogP contribution in [0.1, 0.15) is 74.3 Å². The van der Waals surface area contributed by atoms with Gasteiger partial charge in [0, 0.05) is 18.4 Å². The van der Waals surface area contributed by atoms with E-state index in [2.05, 4.69) is 55.8 Å². The lowest BCUT2D eigenvalue weighted by molar-refractivity contribution is -0.0232. The Morgan fingerprint density at radius 1 is 0.943 bits per heavy atom. The van der Waals surface area contributed by atoms with Crippen LogP contribution in [0.15, 0.2) is 48.5 Å². The summed E-state index contributed by atoms with van der Waals surface area (Å²) in [5.74, 6) is -2.17. The number of tetrazole rings is 1. The first-order chi connectivity index (χ1) is 17.0. The zero-order valence-electron chi connectivity index (χ0n) is 20.2. The Hall–Kier alpha value is -3.49. The number of H-pyrrole nitrogens is 1. The molecule has 4 rings (SSSR count). The highest BCUT2D eigenvalue weighted by atomic mass is 19.3. The first kappa shape index (κ1) is 24.6. The monoisotopic (exact) mass is 479 g/mol. The van der Waals surface area contributed by atoms with Gasteiger partial charge in [-0.2, -0.15) is 14.0 Å². The molecule has 9 heteroatoms. The van der Waals surface area contributed by atoms with E-state index in [-0.39, 0.29) is 12.2 Å². The molecule has 0 radical (unpaired) electrons. The molecule has 1 N–H and O–H groups in total. The van der Waals surface area contributed by atoms with Gasteiger partial charge >= 0.3 is 5.92 Å². The average Bonchev–Trinajstić information content (AvgIpc) is 3.52. The highest BCUT2D eigenvalue weighted by Crippen LogP contribution is 2.31. The van der Waals surface area contributed by atoms with Crippen molar-refractivity contribution in [1.29, 1.82) is 0 Å². The minimum Gasteiger partial charge on any atom is -0.245 e. The fourth-order valence-corrected chi connectivity index (χ4v) is 4.12. The van der Waals surface area contributed by atoms with Crippen molar-refractivity contribution in [2.24, 2.45) is 0 Å². The van der Waals surface area contributed by atoms with Crippen LogP contribution in [0.25, 0.3) is 11.4 Å². The summed E-state index contributed by atoms with van der Waals surface area (Å²) in [6.45, 7) is 4.28. The standard InChI is InChI=1S/C26H31F2N7/c1-3-5-6-11-23-29-25(26(27,28)16-4-2)32-35(23)18-20-14-12-19(13-15-20)17-21-9-7-8-10-22(21)24-30-33-34-31-24/h7-10,12-15H,3-6,11,16-18H2,1-2H3,(H,30,31,33,34). The van der Waals surface area contributed by atoms with Gasteiger partial charge < -0.3 is 0 Å². The van der Waals surface area contributed by atoms with Gasteiger partial charge in [0.1, 0.15) is 5.82 Å². The van der Waals surface area contributed by atoms with Crippen LogP contribution in [0, 0.1) is 0 Å². The fraction of sp³-hybridized carbons (Fsp3) is 0.423. The predicted molar refractivity (Wildman–Crippen MR) is 130 cm³/mol. The number of aromatic amines is 1. The molecule has 0 aliphatic carbocycles. The van der Waals surface area contributed by atoms with Gasteiger partial charge in [0.05, 0.1) is 6.54 Å². The van der Waals surface area contributed by atoms with Crippen molar-refractivity contribution in [3.63, 3.8) is 0 Å². The quantitative estimate of drug-likeness (QED) is 0.263. The molecule has 7 nitrogen and oxygen atoms in total. The van der Waals surface area contributed by atoms with Gasteiger partial charge in [-0.05, 0) is 41.2 Å². The second-order valence-electron chi connectivity index (χ2n) is 8.81. The number of halogens is 2. The Morgan fingerprint density at radius 3 is 2.43 bits per heavy atom. The molecule has 2 heterocycles. The fourth-order valence-electron chi connectivity index (χ4n) is 4.12. The Bertz CT molecular complexity index is 1200. The summed E-state index contributed by atoms with van der Waals surface area (Å²) in [4.78, 5) is 4.26. The molecule has 2 aromatic carbocycles. The third-order valence-corrected chi connectivity index (χ3v) is 6.00. The molecule has 0 aliphatic rings. The lowest BCUT2D eigenvalue weighted by atomic mass is 9.98. The molecule has 0 spiro atoms. The predicted octanol–water partition coefficient (Wildman–Crippen LogP) is 5.72. The van der Waals surface area contributed by atoms with Crippen LogP contribution < -0.4 is 0 Å². The van der Waals surface area contributed by atoms with E-state index >= 15 is 0 Å². The largest absolute Gasteiger partial charge is 0.308 e. The minimum atomic E-state index is -3.00. The lowest BCUT2D eigenvalue weighted by Crippen LogP contribution is -2.15. The van der Waals surface area contributed by atoms with Crippen molar-refractivity contribution in [1.82, 2.24) is 35.4 Å². The zero-order chi connectivity index (χ0) is 24.7. The van der Waals surface area contributed by atoms with E-state index in [0.29, 0.717) is 37.5 Å². The smallest absolute Gasteiger partial charge is 0.245 e. The molecule has 0 amide bonds. The number of alkyl halides is 2. The Kier molecular flexibility index (Phi) is 7.94. The number of benzene rings is 2. The summed E-state index contributed by atoms with van der Waals surface area (Å²) in [6, 6.07) is 16.1. The van der Waals surface area contributed by atoms with Crippen molar-refractivity contribution in [3.8, 4) is 11.4 Å². The van der Waals surface area contributed by atoms with Gasteiger partial charge in [-0.3, -0.25) is 0 Å². The molecule has 0 unspecified atom stereocenters. The van der Waals surface area contributed by atoms with E-state index in [1.165, 1.54) is 0 Å². The van der Waals surface area contributed by atoms with Crippen molar-refractivity contribution in [3.05, 3.63) is 76.9 Å². The maximum Gasteiger partial charge on any atom is 0.308 e. The Balaban J connectivity index is 1.51. The highest BCUT2D eigenvalue weighted by Gasteiger charge is 2.36. The van der Waals surface area contributed by atoms with Crippen LogP contribution in [0.3, 0.4) is 0 Å². The van der Waals surface area contributed by atoms with Crippen LogP contribution in [0.4, 0.5) is 8.78 Å². The van der Waals surface area contributed by atoms with Gasteiger partial charge in [-0.15, -0.1) is 15.3 Å². The molecule has 35 heavy (non-hydrogen) atoms. The first-order valence-electron chi connectivity index (χ1n) is 12.2. The molecule has 2 aromatic heterocycles. The maximum absolute atomic E-state index is 14.5. The van der Waals surface area contributed by atoms with Gasteiger partial charge in [0.2, 0.25) is 11.6 Å². The van der Waals surface area contributed by atoms with E-state index in [1.54, 1.807) is 11.6 Å². The van der Waals surface area contributed by atoms with Crippen molar-refractivity contribution < 1.29 is 8.78 Å². The van der Waals surface area contributed by atoms with Crippen molar-refractivity contribution in [2.75, 3.05) is 0 Å². The molecule has 184 valence electrons. The van der Waals surface area contributed by atoms with E-state index in [0.717, 1.165) is 41.5 Å². The SMILES string of the molecule is CCCCCc1nc(C(F)(F)CCC)nn1Cc1ccc(Cc2ccccc2-c2nn[nH]n2)cc1. The summed E-state index contributed by atoms with van der Waals surface area (Å²) >= 11 is 0. The Labute approximate surface area is 204 Å². The molecule has 0 atom stereocenters. The second-order valence-corrected chi connectivity index (χ2v) is 8.81. The summed E-state index contributed by atoms with van der Waals surface area (Å²) in [5, 5.41) is 18.6. The normalized spacial score (nSPS) is 11.8. The molecular weight excluding hydrogens is 448 g/mol. The topological polar surface area (TPSA) is 85.2 Å². The van der Waals surface area contributed by atoms with Gasteiger partial charge in [-0.1, -0.05) is 75.2 Å². The zero-order valence-corrected chi connectivity index (χ0v) is 20.2. The Morgan fingerprint density at radius 2 is 1.71 bits per heavy atom. The van der Waals surface area contributed by atoms with Crippen molar-refractivity contribution >= 4 is 0 Å². The van der Waals surface area contributed by atoms with E-state index in [9.17, 15) is 8.78 Å². The van der Waals surface area contributed by atoms with Crippen LogP contribution in [-0.4, -0.2) is 35.4 Å². The summed E-state index contributed by atoms with van der Waals surface area (Å²) < 4.78 is 30.7. The number of hydrogen-bond acceptors (Lipinski definition) is 5. The molecule has 0 bridgehead atoms. The number of unbranched alkanes of at least 4 members (excludes halogenated alkanes) is 2. The van der Waals surface area contributed by atoms with E-state index in [1.807, 2.05) is 30.3 Å². The van der Waals surface area contributed by atoms with Gasteiger partial charge in [0.25, 0.3) is 0 Å². The summed E-state index contributed by atoms with van der Waals surface area (Å²) in [6.07, 6.45) is 4.50. The van der Waals surface area contributed by atoms with Crippen LogP contribution >= 0.6 is 0 Å². The number of nitrogens with zero attached hydrogens (tertiary/aromatic N) is 6. The van der Waals surface area contributed by atoms with Crippen LogP contribution in [-0.2, 0) is 25.3 Å². The second kappa shape index (κ2) is 11.3. The number of aryl methyl sites for hydroxylation is 1. The van der Waals surface area contributed by atoms with Crippen molar-refractivity contribution in [2.45, 2.75) is 71.3 Å². The molecule has 0 saturated carbocycles. The molecule has 4 aromatic rings. The van der Waals surface area contributed by atoms with Gasteiger partial charge in [-0.25, -0.2) is 9.67 Å². The van der Waals surface area contributed by atoms with Crippen LogP contribution in [0.5, 0.6) is 0 Å². The number of rotatable bonds is 12.